The van der Waals surface area contributed by atoms with E-state index in [1.807, 2.05) is 27.7 Å². The molecule has 0 aliphatic heterocycles. The van der Waals surface area contributed by atoms with Gasteiger partial charge in [0.2, 0.25) is 5.91 Å². The molecule has 0 heterocycles. The number of carbonyl (C=O) groups excluding carboxylic acids is 1. The van der Waals surface area contributed by atoms with Crippen molar-refractivity contribution >= 4 is 5.91 Å². The number of carbonyl (C=O) groups is 1. The van der Waals surface area contributed by atoms with Gasteiger partial charge in [0.1, 0.15) is 11.5 Å². The molecule has 0 radical (unpaired) electrons. The van der Waals surface area contributed by atoms with Crippen LogP contribution in [-0.4, -0.2) is 30.2 Å². The predicted octanol–water partition coefficient (Wildman–Crippen LogP) is 1.97. The van der Waals surface area contributed by atoms with E-state index in [0.717, 1.165) is 0 Å². The van der Waals surface area contributed by atoms with Gasteiger partial charge in [-0.2, -0.15) is 0 Å². The second kappa shape index (κ2) is 6.61. The molecule has 1 aromatic carbocycles. The molecule has 0 fully saturated rings. The highest BCUT2D eigenvalue weighted by molar-refractivity contribution is 5.78. The van der Waals surface area contributed by atoms with Crippen LogP contribution in [0.2, 0.25) is 0 Å². The van der Waals surface area contributed by atoms with Crippen LogP contribution in [-0.2, 0) is 4.79 Å². The molecule has 1 aromatic rings. The molecule has 3 N–H and O–H groups in total. The van der Waals surface area contributed by atoms with Crippen LogP contribution >= 0.6 is 0 Å². The molecule has 1 atom stereocenters. The van der Waals surface area contributed by atoms with Gasteiger partial charge in [0.05, 0.1) is 13.7 Å². The number of aromatic hydroxyl groups is 1. The normalized spacial score (nSPS) is 12.8. The minimum atomic E-state index is -0.250. The first-order chi connectivity index (χ1) is 9.23. The quantitative estimate of drug-likeness (QED) is 0.771. The van der Waals surface area contributed by atoms with Gasteiger partial charge in [0.25, 0.3) is 0 Å². The SMILES string of the molecule is COc1ccc(O)c(C(C)NCC(=O)NC(C)(C)C)c1. The highest BCUT2D eigenvalue weighted by Crippen LogP contribution is 2.28. The lowest BCUT2D eigenvalue weighted by Gasteiger charge is -2.22. The Bertz CT molecular complexity index is 467. The number of amides is 1. The maximum absolute atomic E-state index is 11.7. The molecule has 5 heteroatoms. The second-order valence-corrected chi connectivity index (χ2v) is 5.83. The van der Waals surface area contributed by atoms with E-state index in [2.05, 4.69) is 10.6 Å². The number of rotatable bonds is 5. The molecule has 1 amide bonds. The van der Waals surface area contributed by atoms with E-state index in [0.29, 0.717) is 11.3 Å². The standard InChI is InChI=1S/C15H24N2O3/c1-10(16-9-14(19)17-15(2,3)4)12-8-11(20-5)6-7-13(12)18/h6-8,10,16,18H,9H2,1-5H3,(H,17,19). The summed E-state index contributed by atoms with van der Waals surface area (Å²) in [6.07, 6.45) is 0. The van der Waals surface area contributed by atoms with Gasteiger partial charge >= 0.3 is 0 Å². The minimum absolute atomic E-state index is 0.0771. The maximum atomic E-state index is 11.7. The second-order valence-electron chi connectivity index (χ2n) is 5.83. The zero-order chi connectivity index (χ0) is 15.3. The van der Waals surface area contributed by atoms with Crippen LogP contribution in [0.3, 0.4) is 0 Å². The summed E-state index contributed by atoms with van der Waals surface area (Å²) >= 11 is 0. The van der Waals surface area contributed by atoms with Crippen molar-refractivity contribution in [3.05, 3.63) is 23.8 Å². The number of benzene rings is 1. The van der Waals surface area contributed by atoms with E-state index in [1.165, 1.54) is 0 Å². The smallest absolute Gasteiger partial charge is 0.234 e. The van der Waals surface area contributed by atoms with E-state index >= 15 is 0 Å². The van der Waals surface area contributed by atoms with Crippen LogP contribution in [0.15, 0.2) is 18.2 Å². The van der Waals surface area contributed by atoms with Gasteiger partial charge < -0.3 is 20.5 Å². The summed E-state index contributed by atoms with van der Waals surface area (Å²) in [5.74, 6) is 0.777. The highest BCUT2D eigenvalue weighted by atomic mass is 16.5. The van der Waals surface area contributed by atoms with E-state index in [9.17, 15) is 9.90 Å². The summed E-state index contributed by atoms with van der Waals surface area (Å²) < 4.78 is 5.13. The Labute approximate surface area is 120 Å². The molecule has 0 aliphatic carbocycles. The van der Waals surface area contributed by atoms with Gasteiger partial charge in [-0.1, -0.05) is 0 Å². The summed E-state index contributed by atoms with van der Waals surface area (Å²) in [6.45, 7) is 7.88. The number of phenolic OH excluding ortho intramolecular Hbond substituents is 1. The first-order valence-electron chi connectivity index (χ1n) is 6.64. The highest BCUT2D eigenvalue weighted by Gasteiger charge is 2.16. The number of hydrogen-bond donors (Lipinski definition) is 3. The molecule has 0 aliphatic rings. The average molecular weight is 280 g/mol. The summed E-state index contributed by atoms with van der Waals surface area (Å²) in [4.78, 5) is 11.7. The van der Waals surface area contributed by atoms with Gasteiger partial charge in [-0.15, -0.1) is 0 Å². The molecule has 1 unspecified atom stereocenters. The molecule has 0 bridgehead atoms. The number of ether oxygens (including phenoxy) is 1. The van der Waals surface area contributed by atoms with Crippen molar-refractivity contribution in [1.82, 2.24) is 10.6 Å². The summed E-state index contributed by atoms with van der Waals surface area (Å²) in [6, 6.07) is 4.88. The molecule has 20 heavy (non-hydrogen) atoms. The van der Waals surface area contributed by atoms with Crippen molar-refractivity contribution in [3.8, 4) is 11.5 Å². The largest absolute Gasteiger partial charge is 0.508 e. The number of phenols is 1. The Hall–Kier alpha value is -1.75. The van der Waals surface area contributed by atoms with Crippen LogP contribution in [0.25, 0.3) is 0 Å². The first-order valence-corrected chi connectivity index (χ1v) is 6.64. The van der Waals surface area contributed by atoms with Crippen LogP contribution in [0.1, 0.15) is 39.3 Å². The fourth-order valence-corrected chi connectivity index (χ4v) is 1.82. The third-order valence-corrected chi connectivity index (χ3v) is 2.78. The van der Waals surface area contributed by atoms with Crippen LogP contribution in [0, 0.1) is 0 Å². The Morgan fingerprint density at radius 2 is 2.05 bits per heavy atom. The molecule has 112 valence electrons. The number of hydrogen-bond acceptors (Lipinski definition) is 4. The Balaban J connectivity index is 2.63. The van der Waals surface area contributed by atoms with E-state index in [1.54, 1.807) is 25.3 Å². The van der Waals surface area contributed by atoms with E-state index in [-0.39, 0.29) is 29.8 Å². The van der Waals surface area contributed by atoms with Gasteiger partial charge in [0.15, 0.2) is 0 Å². The fraction of sp³-hybridized carbons (Fsp3) is 0.533. The van der Waals surface area contributed by atoms with Crippen LogP contribution in [0.4, 0.5) is 0 Å². The zero-order valence-corrected chi connectivity index (χ0v) is 12.8. The molecular formula is C15H24N2O3. The average Bonchev–Trinajstić information content (AvgIpc) is 2.34. The lowest BCUT2D eigenvalue weighted by Crippen LogP contribution is -2.45. The third kappa shape index (κ3) is 5.09. The Morgan fingerprint density at radius 3 is 2.60 bits per heavy atom. The molecule has 0 spiro atoms. The Kier molecular flexibility index (Phi) is 5.39. The van der Waals surface area contributed by atoms with Crippen molar-refractivity contribution in [2.75, 3.05) is 13.7 Å². The molecule has 0 aromatic heterocycles. The molecule has 1 rings (SSSR count). The minimum Gasteiger partial charge on any atom is -0.508 e. The van der Waals surface area contributed by atoms with Crippen molar-refractivity contribution in [2.45, 2.75) is 39.3 Å². The zero-order valence-electron chi connectivity index (χ0n) is 12.8. The van der Waals surface area contributed by atoms with Crippen molar-refractivity contribution in [2.24, 2.45) is 0 Å². The van der Waals surface area contributed by atoms with Crippen LogP contribution < -0.4 is 15.4 Å². The molecule has 0 saturated heterocycles. The molecule has 0 saturated carbocycles. The van der Waals surface area contributed by atoms with Gasteiger partial charge in [0, 0.05) is 17.1 Å². The fourth-order valence-electron chi connectivity index (χ4n) is 1.82. The first kappa shape index (κ1) is 16.3. The lowest BCUT2D eigenvalue weighted by molar-refractivity contribution is -0.121. The van der Waals surface area contributed by atoms with Gasteiger partial charge in [-0.05, 0) is 45.9 Å². The predicted molar refractivity (Wildman–Crippen MR) is 79.0 cm³/mol. The van der Waals surface area contributed by atoms with Gasteiger partial charge in [-0.3, -0.25) is 4.79 Å². The topological polar surface area (TPSA) is 70.6 Å². The summed E-state index contributed by atoms with van der Waals surface area (Å²) in [7, 11) is 1.57. The lowest BCUT2D eigenvalue weighted by atomic mass is 10.1. The third-order valence-electron chi connectivity index (χ3n) is 2.78. The Morgan fingerprint density at radius 1 is 1.40 bits per heavy atom. The summed E-state index contributed by atoms with van der Waals surface area (Å²) in [5.41, 5.74) is 0.452. The molecule has 5 nitrogen and oxygen atoms in total. The number of methoxy groups -OCH3 is 1. The summed E-state index contributed by atoms with van der Waals surface area (Å²) in [5, 5.41) is 15.8. The van der Waals surface area contributed by atoms with E-state index < -0.39 is 0 Å². The van der Waals surface area contributed by atoms with Gasteiger partial charge in [-0.25, -0.2) is 0 Å². The number of nitrogens with one attached hydrogen (secondary N) is 2. The van der Waals surface area contributed by atoms with E-state index in [4.69, 9.17) is 4.74 Å². The van der Waals surface area contributed by atoms with Crippen molar-refractivity contribution in [3.63, 3.8) is 0 Å². The maximum Gasteiger partial charge on any atom is 0.234 e. The van der Waals surface area contributed by atoms with Crippen LogP contribution in [0.5, 0.6) is 11.5 Å². The monoisotopic (exact) mass is 280 g/mol. The van der Waals surface area contributed by atoms with Crippen molar-refractivity contribution in [1.29, 1.82) is 0 Å². The molecular weight excluding hydrogens is 256 g/mol. The van der Waals surface area contributed by atoms with Crippen molar-refractivity contribution < 1.29 is 14.6 Å².